The van der Waals surface area contributed by atoms with Crippen LogP contribution in [0.25, 0.3) is 0 Å². The van der Waals surface area contributed by atoms with Gasteiger partial charge in [0.25, 0.3) is 0 Å². The molecule has 0 atom stereocenters. The van der Waals surface area contributed by atoms with E-state index < -0.39 is 11.7 Å². The molecular formula is C29H40N4O2. The lowest BCUT2D eigenvalue weighted by atomic mass is 10.2. The molecule has 0 saturated heterocycles. The maximum absolute atomic E-state index is 12.6. The minimum absolute atomic E-state index is 0.421. The number of aliphatic imine (C=N–C) groups is 1. The molecule has 2 aromatic rings. The molecule has 35 heavy (non-hydrogen) atoms. The van der Waals surface area contributed by atoms with Gasteiger partial charge in [-0.3, -0.25) is 10.2 Å². The molecule has 0 aliphatic heterocycles. The van der Waals surface area contributed by atoms with Crippen molar-refractivity contribution in [3.8, 4) is 0 Å². The van der Waals surface area contributed by atoms with Crippen LogP contribution in [0, 0.1) is 6.92 Å². The Morgan fingerprint density at radius 3 is 2.34 bits per heavy atom. The van der Waals surface area contributed by atoms with Crippen LogP contribution in [0.3, 0.4) is 0 Å². The predicted molar refractivity (Wildman–Crippen MR) is 147 cm³/mol. The summed E-state index contributed by atoms with van der Waals surface area (Å²) in [6.45, 7) is 13.1. The van der Waals surface area contributed by atoms with Crippen molar-refractivity contribution in [2.75, 3.05) is 18.9 Å². The average Bonchev–Trinajstić information content (AvgIpc) is 2.74. The lowest BCUT2D eigenvalue weighted by Gasteiger charge is -2.20. The van der Waals surface area contributed by atoms with E-state index in [4.69, 9.17) is 9.73 Å². The molecule has 1 amide bonds. The van der Waals surface area contributed by atoms with E-state index in [1.165, 1.54) is 11.1 Å². The van der Waals surface area contributed by atoms with Crippen molar-refractivity contribution < 1.29 is 9.53 Å². The van der Waals surface area contributed by atoms with Crippen molar-refractivity contribution in [2.45, 2.75) is 60.1 Å². The van der Waals surface area contributed by atoms with Crippen LogP contribution in [0.1, 0.15) is 52.2 Å². The number of benzene rings is 2. The maximum Gasteiger partial charge on any atom is 0.413 e. The van der Waals surface area contributed by atoms with Crippen molar-refractivity contribution in [3.05, 3.63) is 89.4 Å². The fraction of sp³-hybridized carbons (Fsp3) is 0.379. The number of hydrogen-bond acceptors (Lipinski definition) is 5. The highest BCUT2D eigenvalue weighted by Gasteiger charge is 2.17. The molecule has 188 valence electrons. The van der Waals surface area contributed by atoms with Gasteiger partial charge in [-0.2, -0.15) is 0 Å². The summed E-state index contributed by atoms with van der Waals surface area (Å²) in [5, 5.41) is 6.24. The number of nitrogens with zero attached hydrogens (tertiary/aromatic N) is 2. The Hall–Kier alpha value is -3.38. The van der Waals surface area contributed by atoms with Gasteiger partial charge in [-0.05, 0) is 65.8 Å². The van der Waals surface area contributed by atoms with Gasteiger partial charge in [0.1, 0.15) is 11.4 Å². The third kappa shape index (κ3) is 11.5. The Kier molecular flexibility index (Phi) is 10.7. The summed E-state index contributed by atoms with van der Waals surface area (Å²) in [7, 11) is 2.05. The first kappa shape index (κ1) is 27.9. The molecule has 2 aromatic carbocycles. The smallest absolute Gasteiger partial charge is 0.413 e. The van der Waals surface area contributed by atoms with E-state index in [1.807, 2.05) is 64.1 Å². The molecule has 0 saturated carbocycles. The summed E-state index contributed by atoms with van der Waals surface area (Å²) >= 11 is 0. The highest BCUT2D eigenvalue weighted by molar-refractivity contribution is 5.85. The van der Waals surface area contributed by atoms with Crippen molar-refractivity contribution >= 4 is 17.5 Å². The zero-order valence-electron chi connectivity index (χ0n) is 22.2. The quantitative estimate of drug-likeness (QED) is 0.297. The van der Waals surface area contributed by atoms with E-state index in [9.17, 15) is 4.79 Å². The van der Waals surface area contributed by atoms with E-state index in [2.05, 4.69) is 66.8 Å². The number of aryl methyl sites for hydroxylation is 1. The summed E-state index contributed by atoms with van der Waals surface area (Å²) < 4.78 is 5.47. The normalized spacial score (nSPS) is 13.1. The van der Waals surface area contributed by atoms with Crippen LogP contribution in [0.2, 0.25) is 0 Å². The molecule has 2 rings (SSSR count). The molecule has 0 aromatic heterocycles. The summed E-state index contributed by atoms with van der Waals surface area (Å²) in [6, 6.07) is 18.5. The second kappa shape index (κ2) is 13.5. The number of nitrogens with one attached hydrogen (secondary N) is 2. The summed E-state index contributed by atoms with van der Waals surface area (Å²) in [6.07, 6.45) is 4.19. The van der Waals surface area contributed by atoms with E-state index in [0.29, 0.717) is 12.4 Å². The molecule has 6 nitrogen and oxygen atoms in total. The van der Waals surface area contributed by atoms with Crippen LogP contribution in [-0.2, 0) is 11.3 Å². The third-order valence-corrected chi connectivity index (χ3v) is 4.79. The first-order valence-electron chi connectivity index (χ1n) is 12.1. The first-order valence-corrected chi connectivity index (χ1v) is 12.1. The Morgan fingerprint density at radius 1 is 1.09 bits per heavy atom. The van der Waals surface area contributed by atoms with Crippen LogP contribution < -0.4 is 10.6 Å². The lowest BCUT2D eigenvalue weighted by molar-refractivity contribution is 0.0545. The van der Waals surface area contributed by atoms with Gasteiger partial charge in [0.05, 0.1) is 0 Å². The maximum atomic E-state index is 12.6. The van der Waals surface area contributed by atoms with Gasteiger partial charge in [0.2, 0.25) is 0 Å². The van der Waals surface area contributed by atoms with Gasteiger partial charge in [-0.15, -0.1) is 0 Å². The van der Waals surface area contributed by atoms with Gasteiger partial charge in [-0.1, -0.05) is 61.0 Å². The zero-order chi connectivity index (χ0) is 25.8. The van der Waals surface area contributed by atoms with Gasteiger partial charge >= 0.3 is 6.09 Å². The molecule has 0 aliphatic rings. The van der Waals surface area contributed by atoms with Crippen LogP contribution in [0.5, 0.6) is 0 Å². The largest absolute Gasteiger partial charge is 0.444 e. The average molecular weight is 477 g/mol. The molecule has 0 fully saturated rings. The van der Waals surface area contributed by atoms with Crippen LogP contribution in [-0.4, -0.2) is 35.9 Å². The highest BCUT2D eigenvalue weighted by atomic mass is 16.6. The van der Waals surface area contributed by atoms with Gasteiger partial charge in [0.15, 0.2) is 0 Å². The molecule has 0 radical (unpaired) electrons. The minimum Gasteiger partial charge on any atom is -0.444 e. The number of rotatable bonds is 10. The van der Waals surface area contributed by atoms with E-state index >= 15 is 0 Å². The van der Waals surface area contributed by atoms with Crippen molar-refractivity contribution in [1.82, 2.24) is 10.2 Å². The number of carbonyl (C=O) groups is 1. The Balaban J connectivity index is 2.25. The van der Waals surface area contributed by atoms with Gasteiger partial charge in [-0.25, -0.2) is 9.79 Å². The van der Waals surface area contributed by atoms with E-state index in [1.54, 1.807) is 0 Å². The Bertz CT molecular complexity index is 1030. The second-order valence-corrected chi connectivity index (χ2v) is 9.72. The Morgan fingerprint density at radius 2 is 1.74 bits per heavy atom. The molecule has 0 spiro atoms. The Labute approximate surface area is 210 Å². The fourth-order valence-corrected chi connectivity index (χ4v) is 3.40. The number of amides is 1. The SMILES string of the molecule is CC/C=C(/C=C(\N=C(/C)CN(C)Cc1ccccc1)NC(=O)OC(C)(C)C)Nc1ccc(C)cc1. The molecule has 6 heteroatoms. The molecule has 0 bridgehead atoms. The standard InChI is InChI=1S/C29H40N4O2/c1-8-12-26(31-25-17-15-22(2)16-18-25)19-27(32-28(34)35-29(4,5)6)30-23(3)20-33(7)21-24-13-10-9-11-14-24/h9-19,31H,8,20-21H2,1-7H3,(H,32,34)/b26-12-,27-19+,30-23+. The fourth-order valence-electron chi connectivity index (χ4n) is 3.40. The number of alkyl carbamates (subject to hydrolysis) is 1. The predicted octanol–water partition coefficient (Wildman–Crippen LogP) is 6.66. The van der Waals surface area contributed by atoms with E-state index in [-0.39, 0.29) is 0 Å². The number of anilines is 1. The topological polar surface area (TPSA) is 66.0 Å². The molecular weight excluding hydrogens is 436 g/mol. The van der Waals surface area contributed by atoms with Crippen LogP contribution in [0.4, 0.5) is 10.5 Å². The third-order valence-electron chi connectivity index (χ3n) is 4.79. The summed E-state index contributed by atoms with van der Waals surface area (Å²) in [5.74, 6) is 0.421. The molecule has 0 aliphatic carbocycles. The van der Waals surface area contributed by atoms with Crippen molar-refractivity contribution in [2.24, 2.45) is 4.99 Å². The van der Waals surface area contributed by atoms with Crippen LogP contribution in [0.15, 0.2) is 83.3 Å². The molecule has 2 N–H and O–H groups in total. The van der Waals surface area contributed by atoms with Crippen LogP contribution >= 0.6 is 0 Å². The number of ether oxygens (including phenoxy) is 1. The highest BCUT2D eigenvalue weighted by Crippen LogP contribution is 2.15. The second-order valence-electron chi connectivity index (χ2n) is 9.72. The number of carbonyl (C=O) groups excluding carboxylic acids is 1. The van der Waals surface area contributed by atoms with Gasteiger partial charge in [0, 0.05) is 36.3 Å². The van der Waals surface area contributed by atoms with Crippen molar-refractivity contribution in [1.29, 1.82) is 0 Å². The lowest BCUT2D eigenvalue weighted by Crippen LogP contribution is -2.32. The zero-order valence-corrected chi connectivity index (χ0v) is 22.2. The molecule has 0 heterocycles. The monoisotopic (exact) mass is 476 g/mol. The minimum atomic E-state index is -0.605. The number of hydrogen-bond donors (Lipinski definition) is 2. The number of allylic oxidation sites excluding steroid dienone is 2. The molecule has 0 unspecified atom stereocenters. The first-order chi connectivity index (χ1) is 16.5. The van der Waals surface area contributed by atoms with E-state index in [0.717, 1.165) is 30.1 Å². The summed E-state index contributed by atoms with van der Waals surface area (Å²) in [5.41, 5.74) is 4.51. The van der Waals surface area contributed by atoms with Gasteiger partial charge < -0.3 is 10.1 Å². The van der Waals surface area contributed by atoms with Crippen molar-refractivity contribution in [3.63, 3.8) is 0 Å². The summed E-state index contributed by atoms with van der Waals surface area (Å²) in [4.78, 5) is 19.5.